The van der Waals surface area contributed by atoms with E-state index >= 15 is 0 Å². The molecule has 132 valence electrons. The van der Waals surface area contributed by atoms with Crippen molar-refractivity contribution in [3.63, 3.8) is 0 Å². The number of nitrogens with zero attached hydrogens (tertiary/aromatic N) is 2. The Bertz CT molecular complexity index is 838. The average Bonchev–Trinajstić information content (AvgIpc) is 2.96. The van der Waals surface area contributed by atoms with E-state index in [1.165, 1.54) is 6.04 Å². The second kappa shape index (κ2) is 7.41. The molecular formula is C20H26N2O2Si. The van der Waals surface area contributed by atoms with Gasteiger partial charge in [0.25, 0.3) is 0 Å². The van der Waals surface area contributed by atoms with Crippen LogP contribution >= 0.6 is 0 Å². The number of hydrogen-bond acceptors (Lipinski definition) is 3. The molecule has 0 unspecified atom stereocenters. The first-order valence-electron chi connectivity index (χ1n) is 8.65. The Kier molecular flexibility index (Phi) is 5.25. The lowest BCUT2D eigenvalue weighted by atomic mass is 10.1. The lowest BCUT2D eigenvalue weighted by Gasteiger charge is -2.15. The number of benzene rings is 1. The average molecular weight is 355 g/mol. The molecule has 1 aromatic carbocycles. The summed E-state index contributed by atoms with van der Waals surface area (Å²) in [6.45, 7) is 8.45. The van der Waals surface area contributed by atoms with Gasteiger partial charge in [0.05, 0.1) is 12.6 Å². The summed E-state index contributed by atoms with van der Waals surface area (Å²) in [5.41, 5.74) is 4.25. The van der Waals surface area contributed by atoms with Crippen LogP contribution < -0.4 is 4.74 Å². The van der Waals surface area contributed by atoms with E-state index in [0.717, 1.165) is 28.8 Å². The standard InChI is InChI=1S/C20H26N2O2Si/c1-23-19-11-10-18-20(21-19)17(16-8-6-5-7-9-16)14-22(18)15-24-12-13-25(2,3)4/h5-11,14H,12-13,15H2,1-4H3. The minimum Gasteiger partial charge on any atom is -0.481 e. The van der Waals surface area contributed by atoms with Gasteiger partial charge >= 0.3 is 0 Å². The number of fused-ring (bicyclic) bond motifs is 1. The van der Waals surface area contributed by atoms with Crippen molar-refractivity contribution in [1.29, 1.82) is 0 Å². The zero-order valence-corrected chi connectivity index (χ0v) is 16.5. The quantitative estimate of drug-likeness (QED) is 0.441. The number of hydrogen-bond donors (Lipinski definition) is 0. The van der Waals surface area contributed by atoms with E-state index in [-0.39, 0.29) is 0 Å². The number of rotatable bonds is 7. The molecule has 0 amide bonds. The minimum atomic E-state index is -1.07. The lowest BCUT2D eigenvalue weighted by Crippen LogP contribution is -2.21. The van der Waals surface area contributed by atoms with Crippen molar-refractivity contribution >= 4 is 19.1 Å². The van der Waals surface area contributed by atoms with Crippen molar-refractivity contribution in [2.45, 2.75) is 32.4 Å². The van der Waals surface area contributed by atoms with Gasteiger partial charge in [0.2, 0.25) is 5.88 Å². The molecule has 0 aliphatic heterocycles. The first kappa shape index (κ1) is 17.7. The van der Waals surface area contributed by atoms with Gasteiger partial charge in [-0.2, -0.15) is 0 Å². The molecule has 0 spiro atoms. The van der Waals surface area contributed by atoms with Gasteiger partial charge in [0, 0.05) is 32.5 Å². The van der Waals surface area contributed by atoms with Crippen LogP contribution in [0.5, 0.6) is 5.88 Å². The zero-order valence-electron chi connectivity index (χ0n) is 15.5. The predicted octanol–water partition coefficient (Wildman–Crippen LogP) is 5.02. The number of pyridine rings is 1. The molecule has 0 saturated carbocycles. The SMILES string of the molecule is COc1ccc2c(n1)c(-c1ccccc1)cn2COCC[Si](C)(C)C. The summed E-state index contributed by atoms with van der Waals surface area (Å²) in [7, 11) is 0.574. The van der Waals surface area contributed by atoms with Crippen LogP contribution in [0, 0.1) is 0 Å². The second-order valence-corrected chi connectivity index (χ2v) is 13.1. The van der Waals surface area contributed by atoms with Gasteiger partial charge in [-0.3, -0.25) is 0 Å². The molecular weight excluding hydrogens is 328 g/mol. The normalized spacial score (nSPS) is 11.8. The first-order chi connectivity index (χ1) is 12.0. The molecule has 0 saturated heterocycles. The lowest BCUT2D eigenvalue weighted by molar-refractivity contribution is 0.0903. The van der Waals surface area contributed by atoms with E-state index in [1.54, 1.807) is 7.11 Å². The van der Waals surface area contributed by atoms with Crippen molar-refractivity contribution in [1.82, 2.24) is 9.55 Å². The second-order valence-electron chi connectivity index (χ2n) is 7.45. The summed E-state index contributed by atoms with van der Waals surface area (Å²) in [6, 6.07) is 15.4. The number of aromatic nitrogens is 2. The van der Waals surface area contributed by atoms with Gasteiger partial charge in [-0.05, 0) is 17.7 Å². The monoisotopic (exact) mass is 354 g/mol. The van der Waals surface area contributed by atoms with Crippen LogP contribution in [0.4, 0.5) is 0 Å². The summed E-state index contributed by atoms with van der Waals surface area (Å²) in [5, 5.41) is 0. The zero-order chi connectivity index (χ0) is 17.9. The molecule has 3 rings (SSSR count). The van der Waals surface area contributed by atoms with E-state index < -0.39 is 8.07 Å². The molecule has 2 heterocycles. The minimum absolute atomic E-state index is 0.543. The van der Waals surface area contributed by atoms with Crippen LogP contribution in [0.3, 0.4) is 0 Å². The molecule has 2 aromatic heterocycles. The van der Waals surface area contributed by atoms with E-state index in [4.69, 9.17) is 9.47 Å². The third kappa shape index (κ3) is 4.30. The third-order valence-electron chi connectivity index (χ3n) is 4.22. The highest BCUT2D eigenvalue weighted by Crippen LogP contribution is 2.30. The van der Waals surface area contributed by atoms with Gasteiger partial charge in [0.1, 0.15) is 12.2 Å². The maximum absolute atomic E-state index is 5.95. The Hall–Kier alpha value is -2.11. The van der Waals surface area contributed by atoms with Gasteiger partial charge in [-0.1, -0.05) is 50.0 Å². The molecule has 0 fully saturated rings. The smallest absolute Gasteiger partial charge is 0.213 e. The molecule has 5 heteroatoms. The molecule has 0 aliphatic rings. The third-order valence-corrected chi connectivity index (χ3v) is 5.92. The van der Waals surface area contributed by atoms with Crippen molar-refractivity contribution in [3.05, 3.63) is 48.7 Å². The van der Waals surface area contributed by atoms with Crippen molar-refractivity contribution < 1.29 is 9.47 Å². The fraction of sp³-hybridized carbons (Fsp3) is 0.350. The summed E-state index contributed by atoms with van der Waals surface area (Å²) in [4.78, 5) is 4.67. The van der Waals surface area contributed by atoms with Gasteiger partial charge < -0.3 is 14.0 Å². The number of ether oxygens (including phenoxy) is 2. The summed E-state index contributed by atoms with van der Waals surface area (Å²) in [6.07, 6.45) is 2.13. The van der Waals surface area contributed by atoms with Gasteiger partial charge in [-0.15, -0.1) is 0 Å². The Labute approximate surface area is 150 Å². The molecule has 0 radical (unpaired) electrons. The molecule has 3 aromatic rings. The molecule has 0 atom stereocenters. The predicted molar refractivity (Wildman–Crippen MR) is 106 cm³/mol. The summed E-state index contributed by atoms with van der Waals surface area (Å²) < 4.78 is 13.4. The Balaban J connectivity index is 1.91. The van der Waals surface area contributed by atoms with Crippen LogP contribution in [0.15, 0.2) is 48.7 Å². The summed E-state index contributed by atoms with van der Waals surface area (Å²) in [5.74, 6) is 0.627. The van der Waals surface area contributed by atoms with Crippen LogP contribution in [-0.2, 0) is 11.5 Å². The number of methoxy groups -OCH3 is 1. The van der Waals surface area contributed by atoms with Crippen molar-refractivity contribution in [3.8, 4) is 17.0 Å². The molecule has 0 aliphatic carbocycles. The highest BCUT2D eigenvalue weighted by atomic mass is 28.3. The van der Waals surface area contributed by atoms with Gasteiger partial charge in [-0.25, -0.2) is 4.98 Å². The topological polar surface area (TPSA) is 36.3 Å². The van der Waals surface area contributed by atoms with E-state index in [9.17, 15) is 0 Å². The summed E-state index contributed by atoms with van der Waals surface area (Å²) >= 11 is 0. The van der Waals surface area contributed by atoms with Crippen molar-refractivity contribution in [2.75, 3.05) is 13.7 Å². The van der Waals surface area contributed by atoms with Crippen LogP contribution in [-0.4, -0.2) is 31.3 Å². The Morgan fingerprint density at radius 1 is 1.04 bits per heavy atom. The largest absolute Gasteiger partial charge is 0.481 e. The fourth-order valence-electron chi connectivity index (χ4n) is 2.74. The van der Waals surface area contributed by atoms with E-state index in [0.29, 0.717) is 12.6 Å². The van der Waals surface area contributed by atoms with E-state index in [1.807, 2.05) is 24.3 Å². The highest BCUT2D eigenvalue weighted by Gasteiger charge is 2.14. The Morgan fingerprint density at radius 2 is 1.80 bits per heavy atom. The molecule has 25 heavy (non-hydrogen) atoms. The first-order valence-corrected chi connectivity index (χ1v) is 12.4. The van der Waals surface area contributed by atoms with E-state index in [2.05, 4.69) is 53.6 Å². The molecule has 0 N–H and O–H groups in total. The molecule has 4 nitrogen and oxygen atoms in total. The maximum Gasteiger partial charge on any atom is 0.213 e. The Morgan fingerprint density at radius 3 is 2.48 bits per heavy atom. The maximum atomic E-state index is 5.95. The van der Waals surface area contributed by atoms with Crippen LogP contribution in [0.1, 0.15) is 0 Å². The fourth-order valence-corrected chi connectivity index (χ4v) is 3.50. The van der Waals surface area contributed by atoms with Gasteiger partial charge in [0.15, 0.2) is 0 Å². The van der Waals surface area contributed by atoms with Crippen LogP contribution in [0.25, 0.3) is 22.2 Å². The van der Waals surface area contributed by atoms with Crippen LogP contribution in [0.2, 0.25) is 25.7 Å². The molecule has 0 bridgehead atoms. The van der Waals surface area contributed by atoms with Crippen molar-refractivity contribution in [2.24, 2.45) is 0 Å². The highest BCUT2D eigenvalue weighted by molar-refractivity contribution is 6.76.